The van der Waals surface area contributed by atoms with Gasteiger partial charge in [-0.1, -0.05) is 6.07 Å². The lowest BCUT2D eigenvalue weighted by atomic mass is 10.1. The average molecular weight is 239 g/mol. The number of pyridine rings is 1. The molecule has 0 bridgehead atoms. The highest BCUT2D eigenvalue weighted by atomic mass is 19.1. The Morgan fingerprint density at radius 2 is 2.35 bits per heavy atom. The summed E-state index contributed by atoms with van der Waals surface area (Å²) in [5, 5.41) is 14.1. The van der Waals surface area contributed by atoms with E-state index in [0.29, 0.717) is 0 Å². The van der Waals surface area contributed by atoms with Crippen molar-refractivity contribution in [2.75, 3.05) is 11.9 Å². The number of β-amino-alcohol motifs (C(OH)–C–C–N with tert-alkyl or cyclic N) is 1. The van der Waals surface area contributed by atoms with Gasteiger partial charge in [-0.05, 0) is 12.1 Å². The number of hydrogen-bond acceptors (Lipinski definition) is 4. The van der Waals surface area contributed by atoms with E-state index < -0.39 is 29.8 Å². The third-order valence-electron chi connectivity index (χ3n) is 2.40. The van der Waals surface area contributed by atoms with Gasteiger partial charge in [0.15, 0.2) is 0 Å². The third kappa shape index (κ3) is 2.39. The molecule has 2 atom stereocenters. The molecule has 2 rings (SSSR count). The van der Waals surface area contributed by atoms with Crippen LogP contribution in [-0.4, -0.2) is 34.6 Å². The zero-order chi connectivity index (χ0) is 12.4. The molecule has 1 aromatic rings. The number of halogens is 1. The van der Waals surface area contributed by atoms with Crippen molar-refractivity contribution in [2.45, 2.75) is 6.10 Å². The van der Waals surface area contributed by atoms with E-state index in [1.807, 2.05) is 0 Å². The molecule has 1 fully saturated rings. The maximum atomic E-state index is 12.8. The molecule has 0 aromatic carbocycles. The highest BCUT2D eigenvalue weighted by molar-refractivity contribution is 6.07. The van der Waals surface area contributed by atoms with Gasteiger partial charge in [-0.3, -0.25) is 9.59 Å². The van der Waals surface area contributed by atoms with Crippen molar-refractivity contribution in [2.24, 2.45) is 5.92 Å². The zero-order valence-corrected chi connectivity index (χ0v) is 8.68. The van der Waals surface area contributed by atoms with Gasteiger partial charge in [0, 0.05) is 6.54 Å². The molecule has 1 aromatic heterocycles. The Balaban J connectivity index is 2.09. The lowest BCUT2D eigenvalue weighted by molar-refractivity contribution is -0.132. The van der Waals surface area contributed by atoms with E-state index in [0.717, 1.165) is 6.07 Å². The van der Waals surface area contributed by atoms with Crippen molar-refractivity contribution >= 4 is 17.6 Å². The summed E-state index contributed by atoms with van der Waals surface area (Å²) in [4.78, 5) is 26.3. The summed E-state index contributed by atoms with van der Waals surface area (Å²) < 4.78 is 12.8. The third-order valence-corrected chi connectivity index (χ3v) is 2.40. The van der Waals surface area contributed by atoms with E-state index in [9.17, 15) is 19.1 Å². The number of aliphatic hydroxyl groups is 1. The average Bonchev–Trinajstić information content (AvgIpc) is 2.58. The largest absolute Gasteiger partial charge is 0.390 e. The first-order chi connectivity index (χ1) is 8.08. The van der Waals surface area contributed by atoms with Gasteiger partial charge >= 0.3 is 0 Å². The van der Waals surface area contributed by atoms with Crippen molar-refractivity contribution in [1.82, 2.24) is 10.3 Å². The second-order valence-electron chi connectivity index (χ2n) is 3.62. The number of carbonyl (C=O) groups excluding carboxylic acids is 2. The van der Waals surface area contributed by atoms with Crippen LogP contribution in [0, 0.1) is 11.9 Å². The predicted octanol–water partition coefficient (Wildman–Crippen LogP) is -0.734. The Morgan fingerprint density at radius 3 is 2.94 bits per heavy atom. The van der Waals surface area contributed by atoms with Gasteiger partial charge in [0.2, 0.25) is 17.8 Å². The first kappa shape index (κ1) is 11.5. The highest BCUT2D eigenvalue weighted by Gasteiger charge is 2.39. The first-order valence-corrected chi connectivity index (χ1v) is 4.97. The predicted molar refractivity (Wildman–Crippen MR) is 55.3 cm³/mol. The Kier molecular flexibility index (Phi) is 3.01. The summed E-state index contributed by atoms with van der Waals surface area (Å²) in [7, 11) is 0. The quantitative estimate of drug-likeness (QED) is 0.468. The molecule has 7 heteroatoms. The van der Waals surface area contributed by atoms with Crippen LogP contribution in [0.15, 0.2) is 18.2 Å². The van der Waals surface area contributed by atoms with Crippen LogP contribution >= 0.6 is 0 Å². The number of carbonyl (C=O) groups is 2. The Labute approximate surface area is 95.9 Å². The summed E-state index contributed by atoms with van der Waals surface area (Å²) in [5.41, 5.74) is 0. The molecule has 2 amide bonds. The molecular weight excluding hydrogens is 229 g/mol. The topological polar surface area (TPSA) is 91.3 Å². The van der Waals surface area contributed by atoms with Gasteiger partial charge in [0.05, 0.1) is 6.10 Å². The summed E-state index contributed by atoms with van der Waals surface area (Å²) >= 11 is 0. The Morgan fingerprint density at radius 1 is 1.59 bits per heavy atom. The van der Waals surface area contributed by atoms with E-state index in [4.69, 9.17) is 0 Å². The van der Waals surface area contributed by atoms with Gasteiger partial charge < -0.3 is 15.7 Å². The molecule has 0 radical (unpaired) electrons. The van der Waals surface area contributed by atoms with Crippen molar-refractivity contribution in [1.29, 1.82) is 0 Å². The Bertz CT molecular complexity index is 466. The van der Waals surface area contributed by atoms with E-state index in [-0.39, 0.29) is 12.4 Å². The van der Waals surface area contributed by atoms with E-state index in [1.165, 1.54) is 12.1 Å². The van der Waals surface area contributed by atoms with Crippen LogP contribution in [0.25, 0.3) is 0 Å². The standard InChI is InChI=1S/C10H10FN3O3/c11-6-2-1-3-7(13-6)14-10(17)8-5(15)4-12-9(8)16/h1-3,5,8,15H,4H2,(H,12,16)(H,13,14,17). The van der Waals surface area contributed by atoms with Gasteiger partial charge in [0.25, 0.3) is 0 Å². The maximum absolute atomic E-state index is 12.8. The van der Waals surface area contributed by atoms with Crippen molar-refractivity contribution in [3.63, 3.8) is 0 Å². The number of hydrogen-bond donors (Lipinski definition) is 3. The SMILES string of the molecule is O=C1NCC(O)C1C(=O)Nc1cccc(F)n1. The molecule has 0 aliphatic carbocycles. The maximum Gasteiger partial charge on any atom is 0.240 e. The molecule has 2 unspecified atom stereocenters. The lowest BCUT2D eigenvalue weighted by Gasteiger charge is -2.11. The molecular formula is C10H10FN3O3. The zero-order valence-electron chi connectivity index (χ0n) is 8.68. The lowest BCUT2D eigenvalue weighted by Crippen LogP contribution is -2.35. The summed E-state index contributed by atoms with van der Waals surface area (Å²) in [6.07, 6.45) is -1.07. The molecule has 1 saturated heterocycles. The van der Waals surface area contributed by atoms with Crippen molar-refractivity contribution < 1.29 is 19.1 Å². The normalized spacial score (nSPS) is 23.3. The number of aromatic nitrogens is 1. The highest BCUT2D eigenvalue weighted by Crippen LogP contribution is 2.13. The molecule has 2 heterocycles. The van der Waals surface area contributed by atoms with Gasteiger partial charge in [0.1, 0.15) is 11.7 Å². The molecule has 6 nitrogen and oxygen atoms in total. The molecule has 1 aliphatic rings. The van der Waals surface area contributed by atoms with Crippen LogP contribution in [0.5, 0.6) is 0 Å². The number of amides is 2. The fraction of sp³-hybridized carbons (Fsp3) is 0.300. The summed E-state index contributed by atoms with van der Waals surface area (Å²) in [5.74, 6) is -3.17. The van der Waals surface area contributed by atoms with E-state index in [1.54, 1.807) is 0 Å². The number of nitrogens with zero attached hydrogens (tertiary/aromatic N) is 1. The summed E-state index contributed by atoms with van der Waals surface area (Å²) in [6.45, 7) is 0.0352. The van der Waals surface area contributed by atoms with Crippen molar-refractivity contribution in [3.05, 3.63) is 24.1 Å². The minimum absolute atomic E-state index is 0.00176. The van der Waals surface area contributed by atoms with Crippen LogP contribution in [0.4, 0.5) is 10.2 Å². The van der Waals surface area contributed by atoms with Gasteiger partial charge in [-0.25, -0.2) is 4.98 Å². The minimum Gasteiger partial charge on any atom is -0.390 e. The number of nitrogens with one attached hydrogen (secondary N) is 2. The number of rotatable bonds is 2. The first-order valence-electron chi connectivity index (χ1n) is 4.97. The molecule has 3 N–H and O–H groups in total. The minimum atomic E-state index is -1.18. The summed E-state index contributed by atoms with van der Waals surface area (Å²) in [6, 6.07) is 3.90. The fourth-order valence-corrected chi connectivity index (χ4v) is 1.58. The number of aliphatic hydroxyl groups excluding tert-OH is 1. The molecule has 1 aliphatic heterocycles. The van der Waals surface area contributed by atoms with Crippen molar-refractivity contribution in [3.8, 4) is 0 Å². The fourth-order valence-electron chi connectivity index (χ4n) is 1.58. The van der Waals surface area contributed by atoms with Crippen LogP contribution in [-0.2, 0) is 9.59 Å². The molecule has 0 saturated carbocycles. The molecule has 0 spiro atoms. The second-order valence-corrected chi connectivity index (χ2v) is 3.62. The van der Waals surface area contributed by atoms with Crippen LogP contribution in [0.3, 0.4) is 0 Å². The second kappa shape index (κ2) is 4.46. The van der Waals surface area contributed by atoms with Gasteiger partial charge in [-0.15, -0.1) is 0 Å². The smallest absolute Gasteiger partial charge is 0.240 e. The van der Waals surface area contributed by atoms with E-state index in [2.05, 4.69) is 15.6 Å². The van der Waals surface area contributed by atoms with Gasteiger partial charge in [-0.2, -0.15) is 4.39 Å². The molecule has 90 valence electrons. The Hall–Kier alpha value is -2.02. The number of anilines is 1. The van der Waals surface area contributed by atoms with E-state index >= 15 is 0 Å². The monoisotopic (exact) mass is 239 g/mol. The van der Waals surface area contributed by atoms with Crippen LogP contribution < -0.4 is 10.6 Å². The van der Waals surface area contributed by atoms with Crippen LogP contribution in [0.1, 0.15) is 0 Å². The van der Waals surface area contributed by atoms with Crippen LogP contribution in [0.2, 0.25) is 0 Å². The molecule has 17 heavy (non-hydrogen) atoms.